The van der Waals surface area contributed by atoms with Gasteiger partial charge >= 0.3 is 5.97 Å². The predicted molar refractivity (Wildman–Crippen MR) is 175 cm³/mol. The number of hydrogen-bond acceptors (Lipinski definition) is 6. The molecule has 1 N–H and O–H groups in total. The molecule has 9 atom stereocenters. The molecule has 3 rings (SSSR count). The molecule has 1 aromatic rings. The molecule has 0 aliphatic carbocycles. The third kappa shape index (κ3) is 8.25. The summed E-state index contributed by atoms with van der Waals surface area (Å²) in [7, 11) is 0. The number of ketones is 1. The molecule has 0 aromatic heterocycles. The van der Waals surface area contributed by atoms with Gasteiger partial charge in [0.1, 0.15) is 11.7 Å². The van der Waals surface area contributed by atoms with E-state index in [1.807, 2.05) is 76.3 Å². The van der Waals surface area contributed by atoms with E-state index in [2.05, 4.69) is 4.99 Å². The van der Waals surface area contributed by atoms with Gasteiger partial charge in [0.25, 0.3) is 5.67 Å². The van der Waals surface area contributed by atoms with E-state index >= 15 is 4.39 Å². The monoisotopic (exact) mass is 625 g/mol. The molecule has 2 heterocycles. The molecule has 0 unspecified atom stereocenters. The number of cyclic esters (lactones) is 1. The molecule has 2 saturated heterocycles. The Bertz CT molecular complexity index is 1320. The minimum Gasteiger partial charge on any atom is -0.457 e. The van der Waals surface area contributed by atoms with Crippen molar-refractivity contribution in [2.75, 3.05) is 6.61 Å². The van der Waals surface area contributed by atoms with Crippen molar-refractivity contribution in [3.05, 3.63) is 53.6 Å². The second-order valence-electron chi connectivity index (χ2n) is 13.8. The molecular formula is C37H52FNO6. The average molecular weight is 626 g/mol. The Morgan fingerprint density at radius 2 is 1.73 bits per heavy atom. The lowest BCUT2D eigenvalue weighted by atomic mass is 9.67. The van der Waals surface area contributed by atoms with Gasteiger partial charge in [-0.3, -0.25) is 9.59 Å². The number of amides is 1. The molecule has 248 valence electrons. The van der Waals surface area contributed by atoms with E-state index in [0.717, 1.165) is 18.1 Å². The highest BCUT2D eigenvalue weighted by atomic mass is 19.1. The van der Waals surface area contributed by atoms with E-state index in [1.165, 1.54) is 6.92 Å². The Morgan fingerprint density at radius 1 is 1.09 bits per heavy atom. The average Bonchev–Trinajstić information content (AvgIpc) is 3.00. The fraction of sp³-hybridized carbons (Fsp3) is 0.622. The van der Waals surface area contributed by atoms with Crippen LogP contribution in [0.2, 0.25) is 0 Å². The summed E-state index contributed by atoms with van der Waals surface area (Å²) < 4.78 is 28.5. The number of benzene rings is 1. The van der Waals surface area contributed by atoms with Crippen LogP contribution in [0.3, 0.4) is 0 Å². The number of nitrogens with zero attached hydrogens (tertiary/aromatic N) is 1. The van der Waals surface area contributed by atoms with E-state index in [4.69, 9.17) is 9.47 Å². The summed E-state index contributed by atoms with van der Waals surface area (Å²) in [5.41, 5.74) is -2.88. The molecule has 0 radical (unpaired) electrons. The summed E-state index contributed by atoms with van der Waals surface area (Å²) >= 11 is 0. The van der Waals surface area contributed by atoms with Crippen molar-refractivity contribution < 1.29 is 33.4 Å². The number of esters is 1. The van der Waals surface area contributed by atoms with Crippen LogP contribution in [0.4, 0.5) is 4.39 Å². The number of ether oxygens (including phenoxy) is 2. The Hall–Kier alpha value is -2.97. The van der Waals surface area contributed by atoms with Gasteiger partial charge in [0.05, 0.1) is 12.2 Å². The van der Waals surface area contributed by atoms with Gasteiger partial charge in [-0.1, -0.05) is 83.2 Å². The minimum absolute atomic E-state index is 0.191. The Labute approximate surface area is 268 Å². The van der Waals surface area contributed by atoms with Crippen LogP contribution in [0.5, 0.6) is 0 Å². The number of carbonyl (C=O) groups excluding carboxylic acids is 3. The lowest BCUT2D eigenvalue weighted by molar-refractivity contribution is -0.187. The van der Waals surface area contributed by atoms with Crippen LogP contribution < -0.4 is 0 Å². The number of carbonyl (C=O) groups is 3. The van der Waals surface area contributed by atoms with Gasteiger partial charge in [0.15, 0.2) is 5.78 Å². The molecule has 0 spiro atoms. The van der Waals surface area contributed by atoms with Gasteiger partial charge in [0, 0.05) is 24.5 Å². The van der Waals surface area contributed by atoms with Crippen LogP contribution in [0, 0.1) is 29.6 Å². The smallest absolute Gasteiger partial charge is 0.351 e. The van der Waals surface area contributed by atoms with Crippen molar-refractivity contribution in [1.29, 1.82) is 0 Å². The number of fused-ring (bicyclic) bond motifs is 5. The highest BCUT2D eigenvalue weighted by Gasteiger charge is 2.53. The lowest BCUT2D eigenvalue weighted by Crippen LogP contribution is -2.56. The third-order valence-corrected chi connectivity index (χ3v) is 10.4. The highest BCUT2D eigenvalue weighted by molar-refractivity contribution is 6.07. The van der Waals surface area contributed by atoms with Gasteiger partial charge in [-0.15, -0.1) is 0 Å². The summed E-state index contributed by atoms with van der Waals surface area (Å²) in [6, 6.07) is 9.93. The third-order valence-electron chi connectivity index (χ3n) is 10.4. The van der Waals surface area contributed by atoms with Crippen LogP contribution in [0.25, 0.3) is 6.08 Å². The maximum absolute atomic E-state index is 16.1. The Kier molecular flexibility index (Phi) is 11.9. The molecule has 2 bridgehead atoms. The Morgan fingerprint density at radius 3 is 2.33 bits per heavy atom. The van der Waals surface area contributed by atoms with Crippen molar-refractivity contribution in [1.82, 2.24) is 0 Å². The molecule has 0 saturated carbocycles. The molecule has 2 aliphatic rings. The molecule has 2 fully saturated rings. The predicted octanol–water partition coefficient (Wildman–Crippen LogP) is 7.12. The first-order valence-corrected chi connectivity index (χ1v) is 16.3. The summed E-state index contributed by atoms with van der Waals surface area (Å²) in [5.74, 6) is -5.20. The number of Topliss-reactive ketones (excluding diaryl/α,β-unsaturated/α-hetero) is 1. The van der Waals surface area contributed by atoms with Crippen LogP contribution in [0.1, 0.15) is 93.6 Å². The van der Waals surface area contributed by atoms with Crippen LogP contribution in [0.15, 0.2) is 53.0 Å². The topological polar surface area (TPSA) is 102 Å². The van der Waals surface area contributed by atoms with Gasteiger partial charge in [0.2, 0.25) is 5.91 Å². The van der Waals surface area contributed by atoms with Gasteiger partial charge in [-0.25, -0.2) is 14.2 Å². The zero-order valence-electron chi connectivity index (χ0n) is 28.4. The van der Waals surface area contributed by atoms with Crippen molar-refractivity contribution in [2.24, 2.45) is 34.6 Å². The highest BCUT2D eigenvalue weighted by Crippen LogP contribution is 2.43. The first kappa shape index (κ1) is 36.5. The van der Waals surface area contributed by atoms with Crippen molar-refractivity contribution in [3.63, 3.8) is 0 Å². The van der Waals surface area contributed by atoms with Crippen LogP contribution in [-0.2, 0) is 23.9 Å². The van der Waals surface area contributed by atoms with E-state index in [1.54, 1.807) is 20.8 Å². The second-order valence-corrected chi connectivity index (χ2v) is 13.8. The first-order valence-electron chi connectivity index (χ1n) is 16.3. The fourth-order valence-corrected chi connectivity index (χ4v) is 7.23. The van der Waals surface area contributed by atoms with Crippen molar-refractivity contribution >= 4 is 29.4 Å². The number of rotatable bonds is 3. The molecule has 1 aromatic carbocycles. The second kappa shape index (κ2) is 14.6. The largest absolute Gasteiger partial charge is 0.457 e. The summed E-state index contributed by atoms with van der Waals surface area (Å²) in [6.45, 7) is 15.2. The SMILES string of the molecule is CC[C@H]1OC(=O)[C@@](C)(F)C(=O)[C@H](C)[C@@H](C)[C@@]2(C)C[C@@H](C)/C(=N\C(C)=O)[C@H](C)[C@@H](CC/C(=C\C=C\c3ccccc3)CO2)[C@]1(C)O. The standard InChI is InChI=1S/C37H52FNO6/c1-10-31-37(9,43)30-20-19-29(18-14-17-28-15-12-11-13-16-28)22-44-35(7,21-23(2)32(25(30)4)39-27(6)40)26(5)24(3)33(41)36(8,38)34(42)45-31/h11-18,23-26,30-31,43H,10,19-22H2,1-9H3/b17-14+,29-18+,39-32+/t23-,24-,25-,26-,30-,31-,35-,36+,37+/m1/s1. The zero-order chi connectivity index (χ0) is 33.7. The van der Waals surface area contributed by atoms with Crippen molar-refractivity contribution in [3.8, 4) is 0 Å². The zero-order valence-corrected chi connectivity index (χ0v) is 28.4. The number of halogens is 1. The number of hydrogen-bond donors (Lipinski definition) is 1. The van der Waals surface area contributed by atoms with Crippen LogP contribution >= 0.6 is 0 Å². The molecule has 7 nitrogen and oxygen atoms in total. The fourth-order valence-electron chi connectivity index (χ4n) is 7.23. The van der Waals surface area contributed by atoms with Gasteiger partial charge < -0.3 is 14.6 Å². The minimum atomic E-state index is -2.91. The molecule has 2 aliphatic heterocycles. The van der Waals surface area contributed by atoms with Crippen molar-refractivity contribution in [2.45, 2.75) is 111 Å². The number of alkyl halides is 1. The molecule has 45 heavy (non-hydrogen) atoms. The van der Waals surface area contributed by atoms with Gasteiger partial charge in [-0.05, 0) is 75.3 Å². The molecule has 8 heteroatoms. The number of aliphatic hydroxyl groups is 1. The molecular weight excluding hydrogens is 573 g/mol. The van der Waals surface area contributed by atoms with E-state index in [-0.39, 0.29) is 24.9 Å². The molecule has 1 amide bonds. The van der Waals surface area contributed by atoms with E-state index in [0.29, 0.717) is 25.0 Å². The maximum atomic E-state index is 16.1. The summed E-state index contributed by atoms with van der Waals surface area (Å²) in [5, 5.41) is 12.2. The maximum Gasteiger partial charge on any atom is 0.351 e. The number of allylic oxidation sites excluding steroid dienone is 2. The number of aliphatic imine (C=N–C) groups is 1. The normalized spacial score (nSPS) is 39.3. The van der Waals surface area contributed by atoms with E-state index < -0.39 is 58.4 Å². The lowest BCUT2D eigenvalue weighted by Gasteiger charge is -2.45. The summed E-state index contributed by atoms with van der Waals surface area (Å²) in [4.78, 5) is 43.9. The quantitative estimate of drug-likeness (QED) is 0.284. The Balaban J connectivity index is 2.28. The van der Waals surface area contributed by atoms with Crippen LogP contribution in [-0.4, -0.2) is 58.1 Å². The van der Waals surface area contributed by atoms with E-state index in [9.17, 15) is 19.5 Å². The first-order chi connectivity index (χ1) is 21.0. The van der Waals surface area contributed by atoms with Gasteiger partial charge in [-0.2, -0.15) is 0 Å². The summed E-state index contributed by atoms with van der Waals surface area (Å²) in [6.07, 6.45) is 6.46.